The highest BCUT2D eigenvalue weighted by atomic mass is 79.9. The number of aryl methyl sites for hydroxylation is 2. The number of fused-ring (bicyclic) bond motifs is 3. The lowest BCUT2D eigenvalue weighted by Crippen LogP contribution is -2.11. The fraction of sp³-hybridized carbons (Fsp3) is 0.217. The lowest BCUT2D eigenvalue weighted by atomic mass is 9.97. The highest BCUT2D eigenvalue weighted by molar-refractivity contribution is 9.10. The molecule has 5 rings (SSSR count). The van der Waals surface area contributed by atoms with E-state index in [-0.39, 0.29) is 5.56 Å². The summed E-state index contributed by atoms with van der Waals surface area (Å²) in [7, 11) is 0. The zero-order chi connectivity index (χ0) is 19.8. The van der Waals surface area contributed by atoms with Gasteiger partial charge in [0.05, 0.1) is 10.9 Å². The Morgan fingerprint density at radius 2 is 1.93 bits per heavy atom. The van der Waals surface area contributed by atoms with Crippen LogP contribution in [0.15, 0.2) is 57.8 Å². The minimum absolute atomic E-state index is 0.0571. The molecule has 2 aromatic carbocycles. The van der Waals surface area contributed by atoms with E-state index in [0.717, 1.165) is 45.1 Å². The fourth-order valence-electron chi connectivity index (χ4n) is 3.84. The third-order valence-corrected chi connectivity index (χ3v) is 6.94. The summed E-state index contributed by atoms with van der Waals surface area (Å²) in [4.78, 5) is 22.9. The molecule has 4 aromatic rings. The predicted molar refractivity (Wildman–Crippen MR) is 121 cm³/mol. The molecule has 6 heteroatoms. The summed E-state index contributed by atoms with van der Waals surface area (Å²) >= 11 is 5.19. The number of halogens is 1. The largest absolute Gasteiger partial charge is 0.488 e. The molecule has 0 bridgehead atoms. The van der Waals surface area contributed by atoms with Crippen LogP contribution in [0.2, 0.25) is 0 Å². The molecule has 0 unspecified atom stereocenters. The maximum atomic E-state index is 12.9. The highest BCUT2D eigenvalue weighted by Gasteiger charge is 2.21. The molecule has 29 heavy (non-hydrogen) atoms. The first kappa shape index (κ1) is 18.6. The Bertz CT molecular complexity index is 1250. The Hall–Kier alpha value is -2.44. The number of hydrogen-bond acceptors (Lipinski definition) is 4. The first-order valence-corrected chi connectivity index (χ1v) is 11.3. The van der Waals surface area contributed by atoms with Gasteiger partial charge < -0.3 is 9.72 Å². The molecule has 4 nitrogen and oxygen atoms in total. The van der Waals surface area contributed by atoms with Crippen molar-refractivity contribution in [2.24, 2.45) is 0 Å². The Kier molecular flexibility index (Phi) is 4.97. The number of benzene rings is 2. The van der Waals surface area contributed by atoms with Crippen molar-refractivity contribution < 1.29 is 4.74 Å². The van der Waals surface area contributed by atoms with E-state index in [9.17, 15) is 4.79 Å². The van der Waals surface area contributed by atoms with E-state index in [0.29, 0.717) is 18.2 Å². The van der Waals surface area contributed by atoms with Crippen LogP contribution in [0.25, 0.3) is 21.6 Å². The second kappa shape index (κ2) is 7.76. The Morgan fingerprint density at radius 3 is 2.79 bits per heavy atom. The quantitative estimate of drug-likeness (QED) is 0.408. The highest BCUT2D eigenvalue weighted by Crippen LogP contribution is 2.36. The molecule has 0 fully saturated rings. The number of aromatic amines is 1. The number of aromatic nitrogens is 2. The molecule has 0 saturated heterocycles. The topological polar surface area (TPSA) is 55.0 Å². The number of H-pyrrole nitrogens is 1. The van der Waals surface area contributed by atoms with Gasteiger partial charge in [-0.25, -0.2) is 4.98 Å². The van der Waals surface area contributed by atoms with E-state index >= 15 is 0 Å². The molecule has 0 saturated carbocycles. The van der Waals surface area contributed by atoms with Crippen LogP contribution in [0.5, 0.6) is 5.75 Å². The van der Waals surface area contributed by atoms with E-state index < -0.39 is 0 Å². The number of nitrogens with one attached hydrogen (secondary N) is 1. The summed E-state index contributed by atoms with van der Waals surface area (Å²) in [5.41, 5.74) is 3.01. The summed E-state index contributed by atoms with van der Waals surface area (Å²) in [6.45, 7) is 0.454. The van der Waals surface area contributed by atoms with Crippen LogP contribution < -0.4 is 10.3 Å². The zero-order valence-corrected chi connectivity index (χ0v) is 18.1. The summed E-state index contributed by atoms with van der Waals surface area (Å²) in [6.07, 6.45) is 4.35. The maximum absolute atomic E-state index is 12.9. The molecule has 1 N–H and O–H groups in total. The maximum Gasteiger partial charge on any atom is 0.260 e. The molecule has 1 aliphatic carbocycles. The van der Waals surface area contributed by atoms with Gasteiger partial charge in [0.2, 0.25) is 0 Å². The van der Waals surface area contributed by atoms with Crippen molar-refractivity contribution in [3.63, 3.8) is 0 Å². The van der Waals surface area contributed by atoms with Gasteiger partial charge in [0, 0.05) is 9.35 Å². The van der Waals surface area contributed by atoms with Gasteiger partial charge in [0.1, 0.15) is 23.0 Å². The Morgan fingerprint density at radius 1 is 1.10 bits per heavy atom. The molecule has 0 spiro atoms. The monoisotopic (exact) mass is 466 g/mol. The first-order chi connectivity index (χ1) is 14.2. The molecular weight excluding hydrogens is 448 g/mol. The van der Waals surface area contributed by atoms with Crippen LogP contribution in [0.3, 0.4) is 0 Å². The number of hydrogen-bond donors (Lipinski definition) is 1. The molecule has 0 radical (unpaired) electrons. The van der Waals surface area contributed by atoms with Crippen molar-refractivity contribution in [3.8, 4) is 17.1 Å². The summed E-state index contributed by atoms with van der Waals surface area (Å²) in [5.74, 6) is 1.24. The van der Waals surface area contributed by atoms with Crippen molar-refractivity contribution in [2.75, 3.05) is 0 Å². The van der Waals surface area contributed by atoms with Crippen LogP contribution in [0.1, 0.15) is 28.8 Å². The molecule has 0 aliphatic heterocycles. The van der Waals surface area contributed by atoms with Crippen molar-refractivity contribution in [3.05, 3.63) is 79.4 Å². The third kappa shape index (κ3) is 3.63. The van der Waals surface area contributed by atoms with E-state index in [1.165, 1.54) is 16.9 Å². The second-order valence-electron chi connectivity index (χ2n) is 7.22. The Labute approximate surface area is 180 Å². The molecule has 146 valence electrons. The summed E-state index contributed by atoms with van der Waals surface area (Å²) in [6, 6.07) is 15.8. The molecule has 1 aliphatic rings. The van der Waals surface area contributed by atoms with E-state index in [2.05, 4.69) is 20.9 Å². The number of rotatable bonds is 4. The average molecular weight is 467 g/mol. The standard InChI is InChI=1S/C23H19BrN2O2S/c24-15-10-11-18(28-13-14-6-2-1-3-7-14)17(12-15)21-25-22(27)20-16-8-4-5-9-19(16)29-23(20)26-21/h1-3,6-7,10-12H,4-5,8-9,13H2,(H,25,26,27). The fourth-order valence-corrected chi connectivity index (χ4v) is 5.46. The van der Waals surface area contributed by atoms with Gasteiger partial charge in [0.25, 0.3) is 5.56 Å². The van der Waals surface area contributed by atoms with Crippen LogP contribution in [0, 0.1) is 0 Å². The summed E-state index contributed by atoms with van der Waals surface area (Å²) in [5, 5.41) is 0.773. The minimum atomic E-state index is -0.0571. The van der Waals surface area contributed by atoms with Crippen molar-refractivity contribution in [1.29, 1.82) is 0 Å². The SMILES string of the molecule is O=c1[nH]c(-c2cc(Br)ccc2OCc2ccccc2)nc2sc3c(c12)CCCC3. The van der Waals surface area contributed by atoms with Gasteiger partial charge in [-0.05, 0) is 55.0 Å². The number of thiophene rings is 1. The van der Waals surface area contributed by atoms with Crippen LogP contribution in [-0.2, 0) is 19.4 Å². The van der Waals surface area contributed by atoms with Gasteiger partial charge >= 0.3 is 0 Å². The van der Waals surface area contributed by atoms with E-state index in [4.69, 9.17) is 9.72 Å². The molecular formula is C23H19BrN2O2S. The smallest absolute Gasteiger partial charge is 0.260 e. The summed E-state index contributed by atoms with van der Waals surface area (Å²) < 4.78 is 7.00. The molecule has 2 aromatic heterocycles. The number of ether oxygens (including phenoxy) is 1. The molecule has 0 amide bonds. The van der Waals surface area contributed by atoms with Gasteiger partial charge in [-0.1, -0.05) is 46.3 Å². The third-order valence-electron chi connectivity index (χ3n) is 5.26. The van der Waals surface area contributed by atoms with Crippen molar-refractivity contribution in [2.45, 2.75) is 32.3 Å². The van der Waals surface area contributed by atoms with Gasteiger partial charge in [-0.3, -0.25) is 4.79 Å². The molecule has 2 heterocycles. The van der Waals surface area contributed by atoms with Gasteiger partial charge in [0.15, 0.2) is 0 Å². The van der Waals surface area contributed by atoms with E-state index in [1.807, 2.05) is 48.5 Å². The minimum Gasteiger partial charge on any atom is -0.488 e. The van der Waals surface area contributed by atoms with Gasteiger partial charge in [-0.2, -0.15) is 0 Å². The van der Waals surface area contributed by atoms with Gasteiger partial charge in [-0.15, -0.1) is 11.3 Å². The van der Waals surface area contributed by atoms with Crippen molar-refractivity contribution in [1.82, 2.24) is 9.97 Å². The average Bonchev–Trinajstić information content (AvgIpc) is 3.12. The van der Waals surface area contributed by atoms with Crippen LogP contribution in [0.4, 0.5) is 0 Å². The number of nitrogens with zero attached hydrogens (tertiary/aromatic N) is 1. The van der Waals surface area contributed by atoms with Crippen LogP contribution in [-0.4, -0.2) is 9.97 Å². The normalized spacial score (nSPS) is 13.4. The lowest BCUT2D eigenvalue weighted by Gasteiger charge is -2.12. The van der Waals surface area contributed by atoms with Crippen molar-refractivity contribution >= 4 is 37.5 Å². The Balaban J connectivity index is 1.57. The van der Waals surface area contributed by atoms with Crippen LogP contribution >= 0.6 is 27.3 Å². The zero-order valence-electron chi connectivity index (χ0n) is 15.7. The van der Waals surface area contributed by atoms with E-state index in [1.54, 1.807) is 11.3 Å². The predicted octanol–water partition coefficient (Wildman–Crippen LogP) is 5.87. The first-order valence-electron chi connectivity index (χ1n) is 9.70. The second-order valence-corrected chi connectivity index (χ2v) is 9.22. The molecule has 0 atom stereocenters. The lowest BCUT2D eigenvalue weighted by molar-refractivity contribution is 0.307.